The minimum absolute atomic E-state index is 0.200. The maximum Gasteiger partial charge on any atom is 0.330 e. The molecule has 0 aliphatic carbocycles. The lowest BCUT2D eigenvalue weighted by Gasteiger charge is -2.25. The molecule has 0 amide bonds. The van der Waals surface area contributed by atoms with Crippen molar-refractivity contribution in [3.8, 4) is 0 Å². The highest BCUT2D eigenvalue weighted by atomic mass is 32.2. The fourth-order valence-electron chi connectivity index (χ4n) is 1.77. The number of aromatic nitrogens is 2. The Morgan fingerprint density at radius 2 is 1.76 bits per heavy atom. The average molecular weight is 319 g/mol. The molecule has 21 heavy (non-hydrogen) atoms. The molecule has 0 aliphatic rings. The van der Waals surface area contributed by atoms with E-state index in [1.807, 2.05) is 0 Å². The lowest BCUT2D eigenvalue weighted by atomic mass is 9.98. The highest BCUT2D eigenvalue weighted by molar-refractivity contribution is 7.89. The molecule has 0 radical (unpaired) electrons. The Morgan fingerprint density at radius 3 is 2.24 bits per heavy atom. The van der Waals surface area contributed by atoms with Crippen molar-refractivity contribution in [2.45, 2.75) is 37.2 Å². The van der Waals surface area contributed by atoms with Crippen LogP contribution in [0, 0.1) is 0 Å². The second-order valence-corrected chi connectivity index (χ2v) is 6.74. The number of aliphatic hydroxyl groups is 1. The third-order valence-corrected chi connectivity index (χ3v) is 5.00. The summed E-state index contributed by atoms with van der Waals surface area (Å²) in [5.74, 6) is 0. The van der Waals surface area contributed by atoms with Gasteiger partial charge in [-0.2, -0.15) is 0 Å². The minimum Gasteiger partial charge on any atom is -0.389 e. The molecule has 0 saturated carbocycles. The van der Waals surface area contributed by atoms with Gasteiger partial charge in [0.15, 0.2) is 4.90 Å². The van der Waals surface area contributed by atoms with Crippen LogP contribution in [-0.2, 0) is 24.1 Å². The summed E-state index contributed by atoms with van der Waals surface area (Å²) in [6.07, 6.45) is 1.72. The highest BCUT2D eigenvalue weighted by Crippen LogP contribution is 2.14. The van der Waals surface area contributed by atoms with Crippen molar-refractivity contribution >= 4 is 10.0 Å². The zero-order chi connectivity index (χ0) is 16.4. The third-order valence-electron chi connectivity index (χ3n) is 3.61. The van der Waals surface area contributed by atoms with Gasteiger partial charge in [-0.15, -0.1) is 0 Å². The number of nitrogens with zero attached hydrogens (tertiary/aromatic N) is 2. The largest absolute Gasteiger partial charge is 0.389 e. The van der Waals surface area contributed by atoms with Crippen LogP contribution in [0.2, 0.25) is 0 Å². The van der Waals surface area contributed by atoms with Crippen molar-refractivity contribution in [3.05, 3.63) is 27.0 Å². The van der Waals surface area contributed by atoms with Gasteiger partial charge < -0.3 is 9.67 Å². The highest BCUT2D eigenvalue weighted by Gasteiger charge is 2.27. The van der Waals surface area contributed by atoms with Gasteiger partial charge in [0.2, 0.25) is 10.0 Å². The molecule has 0 atom stereocenters. The summed E-state index contributed by atoms with van der Waals surface area (Å²) in [6, 6.07) is 0. The number of nitrogens with one attached hydrogen (secondary N) is 1. The van der Waals surface area contributed by atoms with Gasteiger partial charge >= 0.3 is 5.69 Å². The second-order valence-electron chi connectivity index (χ2n) is 5.01. The molecule has 0 bridgehead atoms. The lowest BCUT2D eigenvalue weighted by molar-refractivity contribution is 0.0377. The van der Waals surface area contributed by atoms with Gasteiger partial charge in [0, 0.05) is 26.8 Å². The Kier molecular flexibility index (Phi) is 5.13. The zero-order valence-corrected chi connectivity index (χ0v) is 13.4. The smallest absolute Gasteiger partial charge is 0.330 e. The Labute approximate surface area is 123 Å². The van der Waals surface area contributed by atoms with Crippen LogP contribution in [0.3, 0.4) is 0 Å². The van der Waals surface area contributed by atoms with E-state index >= 15 is 0 Å². The van der Waals surface area contributed by atoms with E-state index in [2.05, 4.69) is 4.72 Å². The van der Waals surface area contributed by atoms with E-state index in [0.29, 0.717) is 12.8 Å². The number of rotatable bonds is 6. The lowest BCUT2D eigenvalue weighted by Crippen LogP contribution is -2.45. The average Bonchev–Trinajstić information content (AvgIpc) is 2.46. The van der Waals surface area contributed by atoms with Gasteiger partial charge in [-0.25, -0.2) is 17.9 Å². The molecule has 0 aromatic carbocycles. The summed E-state index contributed by atoms with van der Waals surface area (Å²) in [7, 11) is -1.55. The summed E-state index contributed by atoms with van der Waals surface area (Å²) >= 11 is 0. The van der Waals surface area contributed by atoms with E-state index in [-0.39, 0.29) is 6.54 Å². The predicted molar refractivity (Wildman–Crippen MR) is 77.6 cm³/mol. The molecule has 8 nitrogen and oxygen atoms in total. The number of sulfonamides is 1. The molecule has 0 aliphatic heterocycles. The van der Waals surface area contributed by atoms with Gasteiger partial charge in [-0.1, -0.05) is 13.8 Å². The van der Waals surface area contributed by atoms with Crippen LogP contribution < -0.4 is 16.0 Å². The van der Waals surface area contributed by atoms with Gasteiger partial charge in [0.05, 0.1) is 5.60 Å². The van der Waals surface area contributed by atoms with Gasteiger partial charge in [-0.3, -0.25) is 9.36 Å². The SMILES string of the molecule is CCC(O)(CC)CNS(=O)(=O)c1cn(C)c(=O)n(C)c1=O. The molecule has 9 heteroatoms. The van der Waals surface area contributed by atoms with Crippen molar-refractivity contribution in [2.24, 2.45) is 14.1 Å². The van der Waals surface area contributed by atoms with Crippen LogP contribution in [0.5, 0.6) is 0 Å². The first kappa shape index (κ1) is 17.6. The van der Waals surface area contributed by atoms with E-state index in [1.165, 1.54) is 14.1 Å². The molecule has 0 saturated heterocycles. The van der Waals surface area contributed by atoms with Crippen molar-refractivity contribution < 1.29 is 13.5 Å². The van der Waals surface area contributed by atoms with E-state index in [4.69, 9.17) is 0 Å². The molecule has 120 valence electrons. The van der Waals surface area contributed by atoms with E-state index < -0.39 is 31.8 Å². The Bertz CT molecular complexity index is 728. The first-order chi connectivity index (χ1) is 9.58. The maximum absolute atomic E-state index is 12.2. The second kappa shape index (κ2) is 6.12. The quantitative estimate of drug-likeness (QED) is 0.692. The van der Waals surface area contributed by atoms with E-state index in [1.54, 1.807) is 13.8 Å². The van der Waals surface area contributed by atoms with E-state index in [0.717, 1.165) is 15.3 Å². The van der Waals surface area contributed by atoms with Crippen LogP contribution in [0.1, 0.15) is 26.7 Å². The van der Waals surface area contributed by atoms with Crippen LogP contribution in [0.15, 0.2) is 20.7 Å². The molecule has 0 fully saturated rings. The molecule has 1 heterocycles. The maximum atomic E-state index is 12.2. The Hall–Kier alpha value is -1.45. The van der Waals surface area contributed by atoms with Gasteiger partial charge in [0.25, 0.3) is 5.56 Å². The molecule has 2 N–H and O–H groups in total. The number of hydrogen-bond acceptors (Lipinski definition) is 5. The molecule has 1 rings (SSSR count). The zero-order valence-electron chi connectivity index (χ0n) is 12.6. The van der Waals surface area contributed by atoms with E-state index in [9.17, 15) is 23.1 Å². The molecule has 0 unspecified atom stereocenters. The Balaban J connectivity index is 3.22. The Morgan fingerprint density at radius 1 is 1.24 bits per heavy atom. The fourth-order valence-corrected chi connectivity index (χ4v) is 3.04. The molecular formula is C12H21N3O5S. The van der Waals surface area contributed by atoms with Crippen LogP contribution in [0.25, 0.3) is 0 Å². The summed E-state index contributed by atoms with van der Waals surface area (Å²) in [5, 5.41) is 10.1. The summed E-state index contributed by atoms with van der Waals surface area (Å²) < 4.78 is 28.4. The minimum atomic E-state index is -4.11. The van der Waals surface area contributed by atoms with Crippen molar-refractivity contribution in [1.82, 2.24) is 13.9 Å². The van der Waals surface area contributed by atoms with Crippen molar-refractivity contribution in [2.75, 3.05) is 6.54 Å². The standard InChI is InChI=1S/C12H21N3O5S/c1-5-12(18,6-2)8-13-21(19,20)9-7-14(3)11(17)15(4)10(9)16/h7,13,18H,5-6,8H2,1-4H3. The first-order valence-corrected chi connectivity index (χ1v) is 8.05. The third kappa shape index (κ3) is 3.60. The fraction of sp³-hybridized carbons (Fsp3) is 0.667. The molecule has 1 aromatic rings. The van der Waals surface area contributed by atoms with Crippen molar-refractivity contribution in [1.29, 1.82) is 0 Å². The van der Waals surface area contributed by atoms with Gasteiger partial charge in [0.1, 0.15) is 0 Å². The number of aryl methyl sites for hydroxylation is 1. The summed E-state index contributed by atoms with van der Waals surface area (Å²) in [5.41, 5.74) is -2.68. The van der Waals surface area contributed by atoms with Crippen LogP contribution in [-0.4, -0.2) is 34.8 Å². The molecule has 1 aromatic heterocycles. The van der Waals surface area contributed by atoms with Crippen molar-refractivity contribution in [3.63, 3.8) is 0 Å². The topological polar surface area (TPSA) is 110 Å². The van der Waals surface area contributed by atoms with Crippen LogP contribution >= 0.6 is 0 Å². The normalized spacial score (nSPS) is 12.6. The molecule has 0 spiro atoms. The van der Waals surface area contributed by atoms with Gasteiger partial charge in [-0.05, 0) is 12.8 Å². The summed E-state index contributed by atoms with van der Waals surface area (Å²) in [6.45, 7) is 3.28. The predicted octanol–water partition coefficient (Wildman–Crippen LogP) is -1.09. The monoisotopic (exact) mass is 319 g/mol. The van der Waals surface area contributed by atoms with Crippen LogP contribution in [0.4, 0.5) is 0 Å². The summed E-state index contributed by atoms with van der Waals surface area (Å²) in [4.78, 5) is 22.9. The molecular weight excluding hydrogens is 298 g/mol. The number of hydrogen-bond donors (Lipinski definition) is 2. The first-order valence-electron chi connectivity index (χ1n) is 6.56.